The molecule has 1 aliphatic rings. The van der Waals surface area contributed by atoms with Crippen molar-refractivity contribution in [2.75, 3.05) is 50.0 Å². The molecular weight excluding hydrogens is 559 g/mol. The molecule has 10 heteroatoms. The van der Waals surface area contributed by atoms with E-state index >= 15 is 0 Å². The van der Waals surface area contributed by atoms with Gasteiger partial charge in [0.25, 0.3) is 0 Å². The van der Waals surface area contributed by atoms with Gasteiger partial charge in [0.15, 0.2) is 0 Å². The number of nitrogens with zero attached hydrogens (tertiary/aromatic N) is 3. The van der Waals surface area contributed by atoms with Gasteiger partial charge in [-0.1, -0.05) is 6.07 Å². The minimum atomic E-state index is -0.392. The third-order valence-corrected chi connectivity index (χ3v) is 6.10. The van der Waals surface area contributed by atoms with E-state index in [1.807, 2.05) is 36.4 Å². The average molecular weight is 586 g/mol. The molecule has 0 saturated carbocycles. The maximum atomic E-state index is 12.4. The fourth-order valence-corrected chi connectivity index (χ4v) is 4.21. The second kappa shape index (κ2) is 12.6. The third-order valence-electron chi connectivity index (χ3n) is 5.43. The van der Waals surface area contributed by atoms with Crippen molar-refractivity contribution >= 4 is 62.5 Å². The van der Waals surface area contributed by atoms with Gasteiger partial charge in [-0.3, -0.25) is 14.5 Å². The van der Waals surface area contributed by atoms with Crippen molar-refractivity contribution < 1.29 is 14.3 Å². The van der Waals surface area contributed by atoms with Crippen LogP contribution in [0.5, 0.6) is 0 Å². The molecule has 1 saturated heterocycles. The normalized spacial score (nSPS) is 14.2. The second-order valence-corrected chi connectivity index (χ2v) is 9.26. The molecule has 182 valence electrons. The van der Waals surface area contributed by atoms with Crippen molar-refractivity contribution in [3.63, 3.8) is 0 Å². The molecule has 0 atom stereocenters. The van der Waals surface area contributed by atoms with Crippen LogP contribution in [0.2, 0.25) is 0 Å². The van der Waals surface area contributed by atoms with Gasteiger partial charge in [-0.05, 0) is 72.0 Å². The number of carbonyl (C=O) groups excluding carboxylic acids is 2. The van der Waals surface area contributed by atoms with E-state index in [0.717, 1.165) is 59.4 Å². The number of amides is 2. The number of rotatable bonds is 9. The zero-order valence-corrected chi connectivity index (χ0v) is 21.3. The largest absolute Gasteiger partial charge is 0.379 e. The van der Waals surface area contributed by atoms with Gasteiger partial charge in [-0.25, -0.2) is 9.97 Å². The summed E-state index contributed by atoms with van der Waals surface area (Å²) in [5.74, 6) is -0.0464. The first kappa shape index (κ1) is 25.0. The predicted octanol–water partition coefficient (Wildman–Crippen LogP) is 3.31. The monoisotopic (exact) mass is 586 g/mol. The lowest BCUT2D eigenvalue weighted by molar-refractivity contribution is -0.117. The Bertz CT molecular complexity index is 1210. The van der Waals surface area contributed by atoms with Crippen LogP contribution in [0, 0.1) is 3.57 Å². The Hall–Kier alpha value is -3.09. The van der Waals surface area contributed by atoms with Crippen LogP contribution in [0.1, 0.15) is 6.42 Å². The highest BCUT2D eigenvalue weighted by atomic mass is 127. The highest BCUT2D eigenvalue weighted by molar-refractivity contribution is 14.1. The average Bonchev–Trinajstić information content (AvgIpc) is 2.86. The Kier molecular flexibility index (Phi) is 8.98. The highest BCUT2D eigenvalue weighted by Crippen LogP contribution is 2.26. The van der Waals surface area contributed by atoms with Gasteiger partial charge in [0.1, 0.15) is 12.1 Å². The molecule has 2 heterocycles. The van der Waals surface area contributed by atoms with Crippen molar-refractivity contribution in [1.82, 2.24) is 20.2 Å². The van der Waals surface area contributed by atoms with Crippen LogP contribution >= 0.6 is 22.6 Å². The summed E-state index contributed by atoms with van der Waals surface area (Å²) in [6, 6.07) is 13.3. The molecule has 0 unspecified atom stereocenters. The van der Waals surface area contributed by atoms with Gasteiger partial charge < -0.3 is 20.7 Å². The summed E-state index contributed by atoms with van der Waals surface area (Å²) in [7, 11) is 0. The van der Waals surface area contributed by atoms with Crippen molar-refractivity contribution in [1.29, 1.82) is 0 Å². The maximum absolute atomic E-state index is 12.4. The Morgan fingerprint density at radius 1 is 1.03 bits per heavy atom. The minimum absolute atomic E-state index is 0.294. The highest BCUT2D eigenvalue weighted by Gasteiger charge is 2.10. The van der Waals surface area contributed by atoms with E-state index in [1.165, 1.54) is 18.5 Å². The van der Waals surface area contributed by atoms with E-state index < -0.39 is 5.91 Å². The van der Waals surface area contributed by atoms with Crippen molar-refractivity contribution in [2.24, 2.45) is 0 Å². The van der Waals surface area contributed by atoms with E-state index in [0.29, 0.717) is 18.1 Å². The van der Waals surface area contributed by atoms with E-state index in [1.54, 1.807) is 6.07 Å². The number of hydrogen-bond acceptors (Lipinski definition) is 7. The molecule has 3 aromatic rings. The molecule has 0 bridgehead atoms. The zero-order valence-electron chi connectivity index (χ0n) is 19.2. The first-order valence-electron chi connectivity index (χ1n) is 11.4. The summed E-state index contributed by atoms with van der Waals surface area (Å²) in [5.41, 5.74) is 2.24. The molecule has 1 fully saturated rings. The number of halogens is 1. The number of nitrogens with one attached hydrogen (secondary N) is 3. The van der Waals surface area contributed by atoms with Gasteiger partial charge in [0, 0.05) is 52.1 Å². The van der Waals surface area contributed by atoms with Crippen LogP contribution in [0.3, 0.4) is 0 Å². The standard InChI is InChI=1S/C25H27IN6O3/c26-18-3-1-4-19(15-18)31-25-21-16-20(5-6-22(21)28-17-29-25)30-24(34)8-7-23(33)27-9-2-10-32-11-13-35-14-12-32/h1,3-8,15-17H,2,9-14H2,(H,27,33)(H,30,34)(H,28,29,31)/b8-7+. The number of ether oxygens (including phenoxy) is 1. The number of benzene rings is 2. The van der Waals surface area contributed by atoms with E-state index in [2.05, 4.69) is 53.4 Å². The smallest absolute Gasteiger partial charge is 0.248 e. The fraction of sp³-hybridized carbons (Fsp3) is 0.280. The van der Waals surface area contributed by atoms with Gasteiger partial charge in [0.2, 0.25) is 11.8 Å². The van der Waals surface area contributed by atoms with Crippen molar-refractivity contribution in [3.05, 3.63) is 64.5 Å². The molecule has 1 aliphatic heterocycles. The van der Waals surface area contributed by atoms with E-state index in [-0.39, 0.29) is 5.91 Å². The third kappa shape index (κ3) is 7.70. The summed E-state index contributed by atoms with van der Waals surface area (Å²) in [4.78, 5) is 35.4. The molecule has 9 nitrogen and oxygen atoms in total. The summed E-state index contributed by atoms with van der Waals surface area (Å²) < 4.78 is 6.43. The van der Waals surface area contributed by atoms with Crippen molar-refractivity contribution in [3.8, 4) is 0 Å². The summed E-state index contributed by atoms with van der Waals surface area (Å²) in [6.45, 7) is 4.86. The molecule has 0 radical (unpaired) electrons. The van der Waals surface area contributed by atoms with Crippen LogP contribution in [0.15, 0.2) is 60.9 Å². The predicted molar refractivity (Wildman–Crippen MR) is 145 cm³/mol. The van der Waals surface area contributed by atoms with Crippen LogP contribution in [0.25, 0.3) is 10.9 Å². The molecule has 0 spiro atoms. The summed E-state index contributed by atoms with van der Waals surface area (Å²) in [5, 5.41) is 9.68. The molecule has 2 amide bonds. The van der Waals surface area contributed by atoms with Crippen LogP contribution < -0.4 is 16.0 Å². The second-order valence-electron chi connectivity index (χ2n) is 8.01. The number of carbonyl (C=O) groups is 2. The number of morpholine rings is 1. The number of hydrogen-bond donors (Lipinski definition) is 3. The van der Waals surface area contributed by atoms with Gasteiger partial charge >= 0.3 is 0 Å². The Balaban J connectivity index is 1.30. The van der Waals surface area contributed by atoms with Crippen molar-refractivity contribution in [2.45, 2.75) is 6.42 Å². The number of anilines is 3. The lowest BCUT2D eigenvalue weighted by Gasteiger charge is -2.26. The minimum Gasteiger partial charge on any atom is -0.379 e. The Labute approximate surface area is 217 Å². The SMILES string of the molecule is O=C(/C=C/C(=O)Nc1ccc2ncnc(Nc3cccc(I)c3)c2c1)NCCCN1CCOCC1. The number of fused-ring (bicyclic) bond motifs is 1. The quantitative estimate of drug-likeness (QED) is 0.201. The maximum Gasteiger partial charge on any atom is 0.248 e. The Morgan fingerprint density at radius 3 is 2.69 bits per heavy atom. The first-order valence-corrected chi connectivity index (χ1v) is 12.5. The van der Waals surface area contributed by atoms with Crippen LogP contribution in [0.4, 0.5) is 17.2 Å². The molecule has 2 aromatic carbocycles. The topological polar surface area (TPSA) is 108 Å². The first-order chi connectivity index (χ1) is 17.1. The molecule has 1 aromatic heterocycles. The molecule has 35 heavy (non-hydrogen) atoms. The lowest BCUT2D eigenvalue weighted by atomic mass is 10.2. The van der Waals surface area contributed by atoms with Gasteiger partial charge in [-0.2, -0.15) is 0 Å². The zero-order chi connectivity index (χ0) is 24.5. The molecule has 4 rings (SSSR count). The van der Waals surface area contributed by atoms with E-state index in [4.69, 9.17) is 4.74 Å². The Morgan fingerprint density at radius 2 is 1.86 bits per heavy atom. The molecule has 3 N–H and O–H groups in total. The van der Waals surface area contributed by atoms with Crippen LogP contribution in [-0.4, -0.2) is 66.1 Å². The van der Waals surface area contributed by atoms with Crippen LogP contribution in [-0.2, 0) is 14.3 Å². The fourth-order valence-electron chi connectivity index (χ4n) is 3.67. The number of aromatic nitrogens is 2. The van der Waals surface area contributed by atoms with E-state index in [9.17, 15) is 9.59 Å². The van der Waals surface area contributed by atoms with Gasteiger partial charge in [-0.15, -0.1) is 0 Å². The van der Waals surface area contributed by atoms with Gasteiger partial charge in [0.05, 0.1) is 18.7 Å². The molecular formula is C25H27IN6O3. The summed E-state index contributed by atoms with van der Waals surface area (Å²) >= 11 is 2.25. The summed E-state index contributed by atoms with van der Waals surface area (Å²) in [6.07, 6.45) is 4.83. The lowest BCUT2D eigenvalue weighted by Crippen LogP contribution is -2.38. The molecule has 0 aliphatic carbocycles.